The summed E-state index contributed by atoms with van der Waals surface area (Å²) in [5.74, 6) is -1.60. The van der Waals surface area contributed by atoms with Crippen molar-refractivity contribution in [2.75, 3.05) is 11.9 Å². The molecule has 0 aliphatic carbocycles. The number of rotatable bonds is 5. The molecule has 1 aromatic heterocycles. The van der Waals surface area contributed by atoms with E-state index in [1.807, 2.05) is 6.92 Å². The predicted molar refractivity (Wildman–Crippen MR) is 107 cm³/mol. The van der Waals surface area contributed by atoms with Gasteiger partial charge in [-0.25, -0.2) is 9.78 Å². The smallest absolute Gasteiger partial charge is 0.416 e. The van der Waals surface area contributed by atoms with Crippen LogP contribution in [0.25, 0.3) is 11.0 Å². The molecule has 0 aliphatic rings. The molecule has 0 saturated heterocycles. The van der Waals surface area contributed by atoms with E-state index in [9.17, 15) is 27.6 Å². The highest BCUT2D eigenvalue weighted by atomic mass is 19.4. The maximum atomic E-state index is 12.7. The van der Waals surface area contributed by atoms with Gasteiger partial charge >= 0.3 is 12.1 Å². The monoisotopic (exact) mass is 433 g/mol. The van der Waals surface area contributed by atoms with Crippen molar-refractivity contribution in [1.29, 1.82) is 0 Å². The third-order valence-corrected chi connectivity index (χ3v) is 4.47. The number of ether oxygens (including phenoxy) is 1. The normalized spacial score (nSPS) is 11.4. The van der Waals surface area contributed by atoms with Crippen molar-refractivity contribution in [3.63, 3.8) is 0 Å². The lowest BCUT2D eigenvalue weighted by Crippen LogP contribution is -2.23. The fourth-order valence-corrected chi connectivity index (χ4v) is 3.00. The molecule has 31 heavy (non-hydrogen) atoms. The maximum Gasteiger partial charge on any atom is 0.416 e. The van der Waals surface area contributed by atoms with Crippen LogP contribution >= 0.6 is 0 Å². The maximum absolute atomic E-state index is 12.7. The minimum absolute atomic E-state index is 0.0706. The molecule has 1 amide bonds. The number of carbonyl (C=O) groups excluding carboxylic acids is 2. The van der Waals surface area contributed by atoms with Crippen molar-refractivity contribution in [2.45, 2.75) is 26.6 Å². The molecule has 0 spiro atoms. The average Bonchev–Trinajstić information content (AvgIpc) is 2.72. The molecule has 2 aromatic carbocycles. The van der Waals surface area contributed by atoms with Gasteiger partial charge in [0.1, 0.15) is 5.69 Å². The molecule has 0 saturated carbocycles. The summed E-state index contributed by atoms with van der Waals surface area (Å²) in [6, 6.07) is 8.56. The molecule has 10 heteroatoms. The number of anilines is 1. The van der Waals surface area contributed by atoms with Crippen molar-refractivity contribution in [2.24, 2.45) is 0 Å². The number of aromatic nitrogens is 2. The van der Waals surface area contributed by atoms with Gasteiger partial charge in [-0.1, -0.05) is 6.07 Å². The average molecular weight is 433 g/mol. The van der Waals surface area contributed by atoms with Gasteiger partial charge in [0.2, 0.25) is 0 Å². The molecule has 1 N–H and O–H groups in total. The molecular formula is C21H18F3N3O4. The first kappa shape index (κ1) is 22.0. The number of carbonyl (C=O) groups is 2. The topological polar surface area (TPSA) is 90.3 Å². The van der Waals surface area contributed by atoms with Gasteiger partial charge in [-0.3, -0.25) is 9.59 Å². The molecule has 3 rings (SSSR count). The third kappa shape index (κ3) is 4.90. The highest BCUT2D eigenvalue weighted by Gasteiger charge is 2.30. The lowest BCUT2D eigenvalue weighted by Gasteiger charge is -2.11. The van der Waals surface area contributed by atoms with E-state index in [2.05, 4.69) is 10.3 Å². The zero-order valence-corrected chi connectivity index (χ0v) is 16.6. The van der Waals surface area contributed by atoms with E-state index in [4.69, 9.17) is 4.74 Å². The molecule has 0 radical (unpaired) electrons. The lowest BCUT2D eigenvalue weighted by atomic mass is 10.2. The predicted octanol–water partition coefficient (Wildman–Crippen LogP) is 3.54. The second-order valence-corrected chi connectivity index (χ2v) is 6.65. The Morgan fingerprint density at radius 2 is 1.90 bits per heavy atom. The van der Waals surface area contributed by atoms with Gasteiger partial charge in [-0.15, -0.1) is 0 Å². The summed E-state index contributed by atoms with van der Waals surface area (Å²) in [6.07, 6.45) is -4.54. The number of benzene rings is 2. The van der Waals surface area contributed by atoms with E-state index in [0.29, 0.717) is 17.6 Å². The highest BCUT2D eigenvalue weighted by Crippen LogP contribution is 2.30. The Morgan fingerprint density at radius 3 is 2.58 bits per heavy atom. The second kappa shape index (κ2) is 8.58. The van der Waals surface area contributed by atoms with E-state index in [1.165, 1.54) is 22.8 Å². The molecule has 7 nitrogen and oxygen atoms in total. The van der Waals surface area contributed by atoms with Crippen LogP contribution in [0.15, 0.2) is 47.3 Å². The van der Waals surface area contributed by atoms with Gasteiger partial charge in [0.05, 0.1) is 22.2 Å². The van der Waals surface area contributed by atoms with Gasteiger partial charge in [0.15, 0.2) is 6.61 Å². The van der Waals surface area contributed by atoms with E-state index >= 15 is 0 Å². The SMILES string of the molecule is CCn1c(=O)c(C)nc2cc(C(=O)OCC(=O)Nc3cccc(C(F)(F)F)c3)ccc21. The standard InChI is InChI=1S/C21H18F3N3O4/c1-3-27-17-8-7-13(9-16(17)25-12(2)19(27)29)20(30)31-11-18(28)26-15-6-4-5-14(10-15)21(22,23)24/h4-10H,3,11H2,1-2H3,(H,26,28). The van der Waals surface area contributed by atoms with E-state index < -0.39 is 30.2 Å². The van der Waals surface area contributed by atoms with Gasteiger partial charge < -0.3 is 14.6 Å². The summed E-state index contributed by atoms with van der Waals surface area (Å²) in [5, 5.41) is 2.25. The van der Waals surface area contributed by atoms with Crippen LogP contribution in [0.3, 0.4) is 0 Å². The summed E-state index contributed by atoms with van der Waals surface area (Å²) < 4.78 is 44.7. The van der Waals surface area contributed by atoms with E-state index in [-0.39, 0.29) is 22.5 Å². The number of halogens is 3. The number of hydrogen-bond donors (Lipinski definition) is 1. The first-order chi connectivity index (χ1) is 14.6. The fourth-order valence-electron chi connectivity index (χ4n) is 3.00. The number of nitrogens with zero attached hydrogens (tertiary/aromatic N) is 2. The van der Waals surface area contributed by atoms with Crippen LogP contribution in [0.1, 0.15) is 28.5 Å². The van der Waals surface area contributed by atoms with Crippen LogP contribution in [0, 0.1) is 6.92 Å². The van der Waals surface area contributed by atoms with Crippen molar-refractivity contribution in [1.82, 2.24) is 9.55 Å². The Balaban J connectivity index is 1.69. The van der Waals surface area contributed by atoms with Crippen LogP contribution in [0.5, 0.6) is 0 Å². The van der Waals surface area contributed by atoms with Crippen LogP contribution in [0.2, 0.25) is 0 Å². The molecule has 0 atom stereocenters. The minimum Gasteiger partial charge on any atom is -0.452 e. The van der Waals surface area contributed by atoms with Crippen molar-refractivity contribution in [3.8, 4) is 0 Å². The quantitative estimate of drug-likeness (QED) is 0.622. The number of nitrogens with one attached hydrogen (secondary N) is 1. The Labute approximate surface area is 174 Å². The van der Waals surface area contributed by atoms with E-state index in [1.54, 1.807) is 13.0 Å². The van der Waals surface area contributed by atoms with Gasteiger partial charge in [-0.2, -0.15) is 13.2 Å². The number of hydrogen-bond acceptors (Lipinski definition) is 5. The summed E-state index contributed by atoms with van der Waals surface area (Å²) >= 11 is 0. The Morgan fingerprint density at radius 1 is 1.16 bits per heavy atom. The lowest BCUT2D eigenvalue weighted by molar-refractivity contribution is -0.137. The minimum atomic E-state index is -4.54. The first-order valence-corrected chi connectivity index (χ1v) is 9.25. The molecule has 3 aromatic rings. The van der Waals surface area contributed by atoms with Crippen molar-refractivity contribution < 1.29 is 27.5 Å². The molecule has 162 valence electrons. The summed E-state index contributed by atoms with van der Waals surface area (Å²) in [7, 11) is 0. The Bertz CT molecular complexity index is 1220. The van der Waals surface area contributed by atoms with Gasteiger partial charge in [0, 0.05) is 12.2 Å². The zero-order valence-electron chi connectivity index (χ0n) is 16.6. The van der Waals surface area contributed by atoms with Crippen LogP contribution in [-0.2, 0) is 22.3 Å². The molecule has 0 bridgehead atoms. The van der Waals surface area contributed by atoms with Gasteiger partial charge in [-0.05, 0) is 50.2 Å². The highest BCUT2D eigenvalue weighted by molar-refractivity contribution is 5.97. The summed E-state index contributed by atoms with van der Waals surface area (Å²) in [6.45, 7) is 3.12. The zero-order chi connectivity index (χ0) is 22.8. The molecule has 1 heterocycles. The molecule has 0 unspecified atom stereocenters. The van der Waals surface area contributed by atoms with Crippen molar-refractivity contribution >= 4 is 28.6 Å². The number of esters is 1. The van der Waals surface area contributed by atoms with E-state index in [0.717, 1.165) is 18.2 Å². The Kier molecular flexibility index (Phi) is 6.09. The Hall–Kier alpha value is -3.69. The molecular weight excluding hydrogens is 415 g/mol. The number of aryl methyl sites for hydroxylation is 2. The van der Waals surface area contributed by atoms with Crippen molar-refractivity contribution in [3.05, 3.63) is 69.6 Å². The van der Waals surface area contributed by atoms with Crippen LogP contribution < -0.4 is 10.9 Å². The summed E-state index contributed by atoms with van der Waals surface area (Å²) in [4.78, 5) is 40.6. The second-order valence-electron chi connectivity index (χ2n) is 6.65. The van der Waals surface area contributed by atoms with Crippen LogP contribution in [0.4, 0.5) is 18.9 Å². The number of fused-ring (bicyclic) bond motifs is 1. The summed E-state index contributed by atoms with van der Waals surface area (Å²) in [5.41, 5.74) is 0.161. The first-order valence-electron chi connectivity index (χ1n) is 9.25. The number of amides is 1. The third-order valence-electron chi connectivity index (χ3n) is 4.47. The van der Waals surface area contributed by atoms with Crippen LogP contribution in [-0.4, -0.2) is 28.0 Å². The molecule has 0 fully saturated rings. The fraction of sp³-hybridized carbons (Fsp3) is 0.238. The largest absolute Gasteiger partial charge is 0.452 e. The van der Waals surface area contributed by atoms with Gasteiger partial charge in [0.25, 0.3) is 11.5 Å². The number of alkyl halides is 3. The molecule has 0 aliphatic heterocycles.